The molecule has 1 N–H and O–H groups in total. The van der Waals surface area contributed by atoms with Gasteiger partial charge in [0.1, 0.15) is 5.69 Å². The number of anilines is 1. The fourth-order valence-electron chi connectivity index (χ4n) is 2.40. The van der Waals surface area contributed by atoms with Gasteiger partial charge >= 0.3 is 0 Å². The zero-order valence-corrected chi connectivity index (χ0v) is 14.6. The number of Topliss-reactive ketones (excluding diaryl/α,β-unsaturated/α-hetero) is 1. The third-order valence-corrected chi connectivity index (χ3v) is 3.92. The average Bonchev–Trinajstić information content (AvgIpc) is 2.53. The minimum absolute atomic E-state index is 0.0679. The number of hydrogen-bond acceptors (Lipinski definition) is 4. The number of hydrogen-bond donors (Lipinski definition) is 1. The van der Waals surface area contributed by atoms with Crippen LogP contribution in [0.1, 0.15) is 47.8 Å². The van der Waals surface area contributed by atoms with E-state index in [2.05, 4.69) is 9.97 Å². The number of H-pyrrole nitrogens is 1. The van der Waals surface area contributed by atoms with Gasteiger partial charge in [-0.25, -0.2) is 13.8 Å². The highest BCUT2D eigenvalue weighted by molar-refractivity contribution is 5.94. The Balaban J connectivity index is 2.16. The molecular formula is C18H21F2N3O2. The topological polar surface area (TPSA) is 66.1 Å². The van der Waals surface area contributed by atoms with Crippen molar-refractivity contribution in [3.05, 3.63) is 57.5 Å². The Morgan fingerprint density at radius 2 is 1.88 bits per heavy atom. The Morgan fingerprint density at radius 3 is 2.40 bits per heavy atom. The molecule has 134 valence electrons. The van der Waals surface area contributed by atoms with Crippen molar-refractivity contribution >= 4 is 11.7 Å². The second kappa shape index (κ2) is 7.13. The van der Waals surface area contributed by atoms with Crippen LogP contribution in [-0.4, -0.2) is 29.8 Å². The molecule has 1 heterocycles. The molecule has 1 aromatic carbocycles. The van der Waals surface area contributed by atoms with Crippen LogP contribution in [0.25, 0.3) is 0 Å². The van der Waals surface area contributed by atoms with Gasteiger partial charge in [-0.15, -0.1) is 0 Å². The fraction of sp³-hybridized carbons (Fsp3) is 0.389. The monoisotopic (exact) mass is 349 g/mol. The molecule has 5 nitrogen and oxygen atoms in total. The van der Waals surface area contributed by atoms with Crippen molar-refractivity contribution in [1.82, 2.24) is 9.97 Å². The summed E-state index contributed by atoms with van der Waals surface area (Å²) in [4.78, 5) is 32.4. The average molecular weight is 349 g/mol. The van der Waals surface area contributed by atoms with Gasteiger partial charge in [-0.2, -0.15) is 0 Å². The quantitative estimate of drug-likeness (QED) is 0.813. The van der Waals surface area contributed by atoms with Gasteiger partial charge in [0.25, 0.3) is 11.5 Å². The molecule has 0 saturated carbocycles. The maximum absolute atomic E-state index is 13.3. The van der Waals surface area contributed by atoms with Gasteiger partial charge in [0.2, 0.25) is 5.95 Å². The van der Waals surface area contributed by atoms with Gasteiger partial charge < -0.3 is 4.90 Å². The fourth-order valence-corrected chi connectivity index (χ4v) is 2.40. The molecule has 0 aliphatic carbocycles. The number of halogens is 2. The van der Waals surface area contributed by atoms with E-state index in [-0.39, 0.29) is 29.4 Å². The Bertz CT molecular complexity index is 808. The highest BCUT2D eigenvalue weighted by atomic mass is 19.3. The largest absolute Gasteiger partial charge is 0.348 e. The molecule has 1 aromatic heterocycles. The maximum atomic E-state index is 13.3. The number of alkyl halides is 2. The van der Waals surface area contributed by atoms with Gasteiger partial charge in [-0.3, -0.25) is 14.6 Å². The van der Waals surface area contributed by atoms with E-state index in [9.17, 15) is 18.4 Å². The number of aromatic nitrogens is 2. The van der Waals surface area contributed by atoms with E-state index >= 15 is 0 Å². The van der Waals surface area contributed by atoms with E-state index < -0.39 is 11.5 Å². The summed E-state index contributed by atoms with van der Waals surface area (Å²) in [5.74, 6) is -3.05. The van der Waals surface area contributed by atoms with Gasteiger partial charge in [0.05, 0.1) is 0 Å². The number of rotatable bonds is 6. The summed E-state index contributed by atoms with van der Waals surface area (Å²) in [6, 6.07) is 7.10. The van der Waals surface area contributed by atoms with Crippen LogP contribution in [0.4, 0.5) is 14.7 Å². The molecule has 7 heteroatoms. The molecule has 0 spiro atoms. The number of aromatic amines is 1. The standard InChI is InChI=1S/C18H21F2N3O2/c1-11(12-5-7-13(8-6-12)18(2,19)20)9-15(24)14-10-16(25)22-17(21-14)23(3)4/h5-8,10-11H,9H2,1-4H3,(H,21,22,25)/t11-/m0/s1. The van der Waals surface area contributed by atoms with Crippen molar-refractivity contribution in [1.29, 1.82) is 0 Å². The van der Waals surface area contributed by atoms with E-state index in [1.165, 1.54) is 18.2 Å². The van der Waals surface area contributed by atoms with E-state index in [4.69, 9.17) is 0 Å². The maximum Gasteiger partial charge on any atom is 0.270 e. The van der Waals surface area contributed by atoms with Crippen LogP contribution in [0.15, 0.2) is 35.1 Å². The zero-order chi connectivity index (χ0) is 18.8. The van der Waals surface area contributed by atoms with E-state index in [0.717, 1.165) is 12.5 Å². The highest BCUT2D eigenvalue weighted by Crippen LogP contribution is 2.29. The summed E-state index contributed by atoms with van der Waals surface area (Å²) in [6.45, 7) is 2.67. The van der Waals surface area contributed by atoms with Crippen LogP contribution in [0.2, 0.25) is 0 Å². The molecule has 0 saturated heterocycles. The Morgan fingerprint density at radius 1 is 1.28 bits per heavy atom. The summed E-state index contributed by atoms with van der Waals surface area (Å²) >= 11 is 0. The Labute approximate surface area is 144 Å². The molecule has 0 unspecified atom stereocenters. The third kappa shape index (κ3) is 4.71. The van der Waals surface area contributed by atoms with Gasteiger partial charge in [-0.1, -0.05) is 31.2 Å². The lowest BCUT2D eigenvalue weighted by Crippen LogP contribution is -2.21. The lowest BCUT2D eigenvalue weighted by atomic mass is 9.93. The predicted octanol–water partition coefficient (Wildman–Crippen LogP) is 3.32. The van der Waals surface area contributed by atoms with Crippen molar-refractivity contribution in [3.8, 4) is 0 Å². The molecule has 0 aliphatic rings. The molecule has 2 aromatic rings. The smallest absolute Gasteiger partial charge is 0.270 e. The second-order valence-electron chi connectivity index (χ2n) is 6.39. The van der Waals surface area contributed by atoms with Crippen LogP contribution in [0.5, 0.6) is 0 Å². The Hall–Kier alpha value is -2.57. The Kier molecular flexibility index (Phi) is 5.35. The van der Waals surface area contributed by atoms with E-state index in [1.807, 2.05) is 6.92 Å². The molecule has 0 amide bonds. The first kappa shape index (κ1) is 18.8. The van der Waals surface area contributed by atoms with Crippen molar-refractivity contribution in [3.63, 3.8) is 0 Å². The third-order valence-electron chi connectivity index (χ3n) is 3.92. The summed E-state index contributed by atoms with van der Waals surface area (Å²) in [5, 5.41) is 0. The van der Waals surface area contributed by atoms with Crippen LogP contribution in [-0.2, 0) is 5.92 Å². The summed E-state index contributed by atoms with van der Waals surface area (Å²) < 4.78 is 26.5. The number of carbonyl (C=O) groups is 1. The molecule has 2 rings (SSSR count). The number of nitrogens with one attached hydrogen (secondary N) is 1. The lowest BCUT2D eigenvalue weighted by Gasteiger charge is -2.15. The predicted molar refractivity (Wildman–Crippen MR) is 92.6 cm³/mol. The second-order valence-corrected chi connectivity index (χ2v) is 6.39. The minimum atomic E-state index is -2.89. The molecule has 25 heavy (non-hydrogen) atoms. The first-order chi connectivity index (χ1) is 11.6. The van der Waals surface area contributed by atoms with Crippen molar-refractivity contribution in [2.75, 3.05) is 19.0 Å². The molecule has 0 fully saturated rings. The van der Waals surface area contributed by atoms with E-state index in [0.29, 0.717) is 5.95 Å². The number of carbonyl (C=O) groups excluding carboxylic acids is 1. The van der Waals surface area contributed by atoms with E-state index in [1.54, 1.807) is 31.1 Å². The number of benzene rings is 1. The van der Waals surface area contributed by atoms with Crippen molar-refractivity contribution < 1.29 is 13.6 Å². The van der Waals surface area contributed by atoms with Crippen molar-refractivity contribution in [2.45, 2.75) is 32.1 Å². The summed E-state index contributed by atoms with van der Waals surface area (Å²) in [6.07, 6.45) is 0.130. The normalized spacial score (nSPS) is 12.7. The SMILES string of the molecule is C[C@@H](CC(=O)c1cc(=O)[nH]c(N(C)C)n1)c1ccc(C(C)(F)F)cc1. The molecule has 0 aliphatic heterocycles. The van der Waals surface area contributed by atoms with Gasteiger partial charge in [0, 0.05) is 39.1 Å². The van der Waals surface area contributed by atoms with Gasteiger partial charge in [0.15, 0.2) is 5.78 Å². The van der Waals surface area contributed by atoms with Crippen LogP contribution >= 0.6 is 0 Å². The minimum Gasteiger partial charge on any atom is -0.348 e. The van der Waals surface area contributed by atoms with Crippen LogP contribution < -0.4 is 10.5 Å². The first-order valence-electron chi connectivity index (χ1n) is 7.88. The first-order valence-corrected chi connectivity index (χ1v) is 7.88. The summed E-state index contributed by atoms with van der Waals surface area (Å²) in [5.41, 5.74) is 0.404. The van der Waals surface area contributed by atoms with Crippen LogP contribution in [0, 0.1) is 0 Å². The molecule has 0 radical (unpaired) electrons. The zero-order valence-electron chi connectivity index (χ0n) is 14.6. The van der Waals surface area contributed by atoms with Crippen molar-refractivity contribution in [2.24, 2.45) is 0 Å². The molecule has 0 bridgehead atoms. The van der Waals surface area contributed by atoms with Gasteiger partial charge in [-0.05, 0) is 11.5 Å². The highest BCUT2D eigenvalue weighted by Gasteiger charge is 2.24. The molecular weight excluding hydrogens is 328 g/mol. The lowest BCUT2D eigenvalue weighted by molar-refractivity contribution is 0.0174. The number of ketones is 1. The van der Waals surface area contributed by atoms with Crippen LogP contribution in [0.3, 0.4) is 0 Å². The summed E-state index contributed by atoms with van der Waals surface area (Å²) in [7, 11) is 3.42. The number of nitrogens with zero attached hydrogens (tertiary/aromatic N) is 2. The molecule has 1 atom stereocenters.